The Morgan fingerprint density at radius 2 is 1.65 bits per heavy atom. The minimum Gasteiger partial charge on any atom is -0.481 e. The van der Waals surface area contributed by atoms with Crippen molar-refractivity contribution in [2.45, 2.75) is 52.7 Å². The van der Waals surface area contributed by atoms with Gasteiger partial charge in [-0.25, -0.2) is 0 Å². The number of hydrogen-bond donors (Lipinski definition) is 1. The molecule has 1 N–H and O–H groups in total. The van der Waals surface area contributed by atoms with E-state index in [9.17, 15) is 19.5 Å². The predicted molar refractivity (Wildman–Crippen MR) is 127 cm³/mol. The van der Waals surface area contributed by atoms with Gasteiger partial charge >= 0.3 is 11.9 Å². The number of amides is 1. The van der Waals surface area contributed by atoms with Crippen LogP contribution >= 0.6 is 0 Å². The maximum absolute atomic E-state index is 13.3. The van der Waals surface area contributed by atoms with E-state index in [-0.39, 0.29) is 18.4 Å². The highest BCUT2D eigenvalue weighted by atomic mass is 16.5. The van der Waals surface area contributed by atoms with Crippen molar-refractivity contribution in [3.05, 3.63) is 60.2 Å². The van der Waals surface area contributed by atoms with E-state index in [2.05, 4.69) is 0 Å². The normalized spacial score (nSPS) is 20.0. The van der Waals surface area contributed by atoms with Crippen molar-refractivity contribution in [1.29, 1.82) is 0 Å². The molecule has 7 heteroatoms. The van der Waals surface area contributed by atoms with Crippen LogP contribution in [0.4, 0.5) is 0 Å². The zero-order chi connectivity index (χ0) is 24.7. The molecule has 1 saturated carbocycles. The van der Waals surface area contributed by atoms with E-state index in [0.29, 0.717) is 25.3 Å². The highest BCUT2D eigenvalue weighted by Crippen LogP contribution is 2.43. The number of esters is 1. The van der Waals surface area contributed by atoms with Gasteiger partial charge in [0.05, 0.1) is 23.9 Å². The zero-order valence-corrected chi connectivity index (χ0v) is 20.0. The van der Waals surface area contributed by atoms with Gasteiger partial charge in [-0.05, 0) is 56.0 Å². The van der Waals surface area contributed by atoms with Crippen LogP contribution in [0.3, 0.4) is 0 Å². The van der Waals surface area contributed by atoms with Gasteiger partial charge in [-0.3, -0.25) is 14.4 Å². The fourth-order valence-electron chi connectivity index (χ4n) is 4.14. The van der Waals surface area contributed by atoms with Crippen LogP contribution in [0, 0.1) is 17.8 Å². The molecule has 4 unspecified atom stereocenters. The first kappa shape index (κ1) is 25.3. The Bertz CT molecular complexity index is 974. The third-order valence-electron chi connectivity index (χ3n) is 6.25. The lowest BCUT2D eigenvalue weighted by atomic mass is 9.64. The first-order valence-corrected chi connectivity index (χ1v) is 11.9. The molecule has 0 radical (unpaired) electrons. The number of carboxylic acids is 1. The zero-order valence-electron chi connectivity index (χ0n) is 20.0. The monoisotopic (exact) mass is 467 g/mol. The van der Waals surface area contributed by atoms with Gasteiger partial charge in [0.1, 0.15) is 11.5 Å². The van der Waals surface area contributed by atoms with Gasteiger partial charge in [-0.15, -0.1) is 0 Å². The largest absolute Gasteiger partial charge is 0.481 e. The number of carbonyl (C=O) groups is 3. The minimum atomic E-state index is -1.13. The summed E-state index contributed by atoms with van der Waals surface area (Å²) in [5, 5.41) is 9.72. The molecular formula is C27H33NO6. The van der Waals surface area contributed by atoms with Crippen molar-refractivity contribution in [3.8, 4) is 11.5 Å². The van der Waals surface area contributed by atoms with Crippen LogP contribution < -0.4 is 4.74 Å². The third kappa shape index (κ3) is 6.16. The quantitative estimate of drug-likeness (QED) is 0.473. The van der Waals surface area contributed by atoms with E-state index < -0.39 is 29.7 Å². The average molecular weight is 468 g/mol. The second kappa shape index (κ2) is 11.7. The van der Waals surface area contributed by atoms with E-state index >= 15 is 0 Å². The summed E-state index contributed by atoms with van der Waals surface area (Å²) in [4.78, 5) is 39.3. The number of nitrogens with zero attached hydrogens (tertiary/aromatic N) is 1. The summed E-state index contributed by atoms with van der Waals surface area (Å²) in [5.41, 5.74) is 0.918. The first-order chi connectivity index (χ1) is 16.3. The second-order valence-corrected chi connectivity index (χ2v) is 8.79. The number of ether oxygens (including phenoxy) is 2. The van der Waals surface area contributed by atoms with Gasteiger partial charge < -0.3 is 19.5 Å². The summed E-state index contributed by atoms with van der Waals surface area (Å²) in [6.45, 7) is 6.50. The van der Waals surface area contributed by atoms with Gasteiger partial charge in [0.2, 0.25) is 5.91 Å². The summed E-state index contributed by atoms with van der Waals surface area (Å²) >= 11 is 0. The van der Waals surface area contributed by atoms with Gasteiger partial charge in [0.25, 0.3) is 0 Å². The van der Waals surface area contributed by atoms with E-state index in [1.165, 1.54) is 0 Å². The number of benzene rings is 2. The maximum Gasteiger partial charge on any atom is 0.310 e. The number of aliphatic carboxylic acids is 1. The average Bonchev–Trinajstić information content (AvgIpc) is 2.79. The summed E-state index contributed by atoms with van der Waals surface area (Å²) in [6.07, 6.45) is 1.32. The van der Waals surface area contributed by atoms with Crippen LogP contribution in [0.15, 0.2) is 54.6 Å². The first-order valence-electron chi connectivity index (χ1n) is 11.9. The molecule has 0 saturated heterocycles. The standard InChI is InChI=1S/C27H33NO6/c1-4-15-28(17-19-11-13-21(14-12-19)34-20-9-7-6-8-10-20)25(29)22-16-23(24(22)26(30)31)27(32)33-18(3)5-2/h6-14,18,22-24H,4-5,15-17H2,1-3H3,(H,30,31). The number of rotatable bonds is 11. The minimum absolute atomic E-state index is 0.204. The fourth-order valence-corrected chi connectivity index (χ4v) is 4.14. The lowest BCUT2D eigenvalue weighted by Crippen LogP contribution is -2.54. The number of para-hydroxylation sites is 1. The van der Waals surface area contributed by atoms with E-state index in [0.717, 1.165) is 17.7 Å². The third-order valence-corrected chi connectivity index (χ3v) is 6.25. The highest BCUT2D eigenvalue weighted by molar-refractivity contribution is 5.92. The van der Waals surface area contributed by atoms with Crippen LogP contribution in [-0.4, -0.2) is 40.5 Å². The molecular weight excluding hydrogens is 434 g/mol. The van der Waals surface area contributed by atoms with E-state index in [1.807, 2.05) is 68.4 Å². The molecule has 0 heterocycles. The molecule has 1 aliphatic carbocycles. The Labute approximate surface area is 200 Å². The molecule has 7 nitrogen and oxygen atoms in total. The summed E-state index contributed by atoms with van der Waals surface area (Å²) < 4.78 is 11.1. The summed E-state index contributed by atoms with van der Waals surface area (Å²) in [6, 6.07) is 17.0. The van der Waals surface area contributed by atoms with Crippen LogP contribution in [0.1, 0.15) is 45.6 Å². The molecule has 182 valence electrons. The van der Waals surface area contributed by atoms with Crippen molar-refractivity contribution < 1.29 is 29.0 Å². The smallest absolute Gasteiger partial charge is 0.310 e. The SMILES string of the molecule is CCCN(Cc1ccc(Oc2ccccc2)cc1)C(=O)C1CC(C(=O)OC(C)CC)C1C(=O)O. The van der Waals surface area contributed by atoms with Crippen molar-refractivity contribution in [3.63, 3.8) is 0 Å². The highest BCUT2D eigenvalue weighted by Gasteiger charge is 2.54. The van der Waals surface area contributed by atoms with Crippen LogP contribution in [0.2, 0.25) is 0 Å². The molecule has 2 aromatic rings. The lowest BCUT2D eigenvalue weighted by molar-refractivity contribution is -0.177. The molecule has 1 amide bonds. The number of carboxylic acid groups (broad SMARTS) is 1. The van der Waals surface area contributed by atoms with Crippen molar-refractivity contribution >= 4 is 17.8 Å². The Morgan fingerprint density at radius 3 is 2.24 bits per heavy atom. The van der Waals surface area contributed by atoms with Gasteiger partial charge in [-0.1, -0.05) is 44.2 Å². The van der Waals surface area contributed by atoms with E-state index in [1.54, 1.807) is 11.8 Å². The topological polar surface area (TPSA) is 93.1 Å². The Morgan fingerprint density at radius 1 is 1.00 bits per heavy atom. The van der Waals surface area contributed by atoms with Crippen LogP contribution in [-0.2, 0) is 25.7 Å². The van der Waals surface area contributed by atoms with Crippen molar-refractivity contribution in [1.82, 2.24) is 4.90 Å². The molecule has 0 aliphatic heterocycles. The van der Waals surface area contributed by atoms with Crippen LogP contribution in [0.25, 0.3) is 0 Å². The van der Waals surface area contributed by atoms with Crippen molar-refractivity contribution in [2.24, 2.45) is 17.8 Å². The molecule has 34 heavy (non-hydrogen) atoms. The molecule has 4 atom stereocenters. The predicted octanol–water partition coefficient (Wildman–Crippen LogP) is 4.90. The summed E-state index contributed by atoms with van der Waals surface area (Å²) in [5.74, 6) is -3.01. The summed E-state index contributed by atoms with van der Waals surface area (Å²) in [7, 11) is 0. The molecule has 0 aromatic heterocycles. The molecule has 0 bridgehead atoms. The Kier molecular flexibility index (Phi) is 8.68. The van der Waals surface area contributed by atoms with Gasteiger partial charge in [-0.2, -0.15) is 0 Å². The fraction of sp³-hybridized carbons (Fsp3) is 0.444. The molecule has 3 rings (SSSR count). The lowest BCUT2D eigenvalue weighted by Gasteiger charge is -2.42. The number of carbonyl (C=O) groups excluding carboxylic acids is 2. The Balaban J connectivity index is 1.65. The molecule has 1 fully saturated rings. The number of hydrogen-bond acceptors (Lipinski definition) is 5. The molecule has 2 aromatic carbocycles. The molecule has 1 aliphatic rings. The van der Waals surface area contributed by atoms with Crippen LogP contribution in [0.5, 0.6) is 11.5 Å². The van der Waals surface area contributed by atoms with E-state index in [4.69, 9.17) is 9.47 Å². The second-order valence-electron chi connectivity index (χ2n) is 8.79. The molecule has 0 spiro atoms. The van der Waals surface area contributed by atoms with Gasteiger partial charge in [0.15, 0.2) is 0 Å². The van der Waals surface area contributed by atoms with Crippen molar-refractivity contribution in [2.75, 3.05) is 6.54 Å². The maximum atomic E-state index is 13.3. The van der Waals surface area contributed by atoms with Gasteiger partial charge in [0, 0.05) is 13.1 Å². The Hall–Kier alpha value is -3.35.